The molecule has 0 aromatic carbocycles. The predicted octanol–water partition coefficient (Wildman–Crippen LogP) is 3.87. The number of unbranched alkanes of at least 4 members (excludes halogenated alkanes) is 3. The fraction of sp³-hybridized carbons (Fsp3) is 0.667. The van der Waals surface area contributed by atoms with Crippen LogP contribution in [0, 0.1) is 6.92 Å². The maximum atomic E-state index is 10.7. The molecule has 134 valence electrons. The first-order valence-electron chi connectivity index (χ1n) is 7.48. The smallest absolute Gasteiger partial charge is 0.485 e. The van der Waals surface area contributed by atoms with Gasteiger partial charge in [-0.3, -0.25) is 0 Å². The van der Waals surface area contributed by atoms with Crippen molar-refractivity contribution < 1.29 is 30.7 Å². The summed E-state index contributed by atoms with van der Waals surface area (Å²) in [6, 6.07) is 4.93. The van der Waals surface area contributed by atoms with Gasteiger partial charge in [-0.1, -0.05) is 26.2 Å². The number of hydrogen-bond donors (Lipinski definition) is 0. The molecule has 0 radical (unpaired) electrons. The molecule has 1 atom stereocenters. The molecule has 0 fully saturated rings. The van der Waals surface area contributed by atoms with Crippen molar-refractivity contribution >= 4 is 10.1 Å². The summed E-state index contributed by atoms with van der Waals surface area (Å²) in [5, 5.41) is 0. The van der Waals surface area contributed by atoms with Crippen LogP contribution in [0.1, 0.15) is 57.6 Å². The van der Waals surface area contributed by atoms with E-state index in [9.17, 15) is 13.2 Å². The number of hydrogen-bond acceptors (Lipinski definition) is 3. The molecular formula is C15H24F3NO3S. The van der Waals surface area contributed by atoms with Crippen LogP contribution < -0.4 is 4.57 Å². The first-order chi connectivity index (χ1) is 10.5. The highest BCUT2D eigenvalue weighted by Gasteiger charge is 2.36. The van der Waals surface area contributed by atoms with Crippen LogP contribution in [0.25, 0.3) is 0 Å². The number of aromatic nitrogens is 1. The van der Waals surface area contributed by atoms with Crippen molar-refractivity contribution in [1.82, 2.24) is 0 Å². The summed E-state index contributed by atoms with van der Waals surface area (Å²) >= 11 is 0. The monoisotopic (exact) mass is 355 g/mol. The molecule has 1 aromatic heterocycles. The van der Waals surface area contributed by atoms with Crippen LogP contribution >= 0.6 is 0 Å². The molecule has 0 amide bonds. The summed E-state index contributed by atoms with van der Waals surface area (Å²) in [6.07, 6.45) is 11.2. The molecule has 8 heteroatoms. The molecule has 0 aliphatic heterocycles. The van der Waals surface area contributed by atoms with Gasteiger partial charge in [0.25, 0.3) is 0 Å². The van der Waals surface area contributed by atoms with Crippen molar-refractivity contribution in [1.29, 1.82) is 0 Å². The lowest BCUT2D eigenvalue weighted by molar-refractivity contribution is -0.720. The van der Waals surface area contributed by atoms with Crippen molar-refractivity contribution in [2.24, 2.45) is 0 Å². The van der Waals surface area contributed by atoms with Crippen molar-refractivity contribution in [3.8, 4) is 0 Å². The number of aryl methyl sites for hydroxylation is 1. The van der Waals surface area contributed by atoms with E-state index in [1.54, 1.807) is 0 Å². The van der Waals surface area contributed by atoms with E-state index in [-0.39, 0.29) is 0 Å². The summed E-state index contributed by atoms with van der Waals surface area (Å²) in [4.78, 5) is 0. The average molecular weight is 355 g/mol. The minimum absolute atomic E-state index is 0.641. The van der Waals surface area contributed by atoms with Gasteiger partial charge < -0.3 is 4.55 Å². The van der Waals surface area contributed by atoms with Crippen LogP contribution in [-0.2, 0) is 10.1 Å². The molecule has 4 nitrogen and oxygen atoms in total. The Balaban J connectivity index is 0.000000515. The van der Waals surface area contributed by atoms with Crippen molar-refractivity contribution in [3.63, 3.8) is 0 Å². The number of nitrogens with zero attached hydrogens (tertiary/aromatic N) is 1. The molecule has 1 unspecified atom stereocenters. The second kappa shape index (κ2) is 9.87. The van der Waals surface area contributed by atoms with Crippen LogP contribution in [0.4, 0.5) is 13.2 Å². The second-order valence-electron chi connectivity index (χ2n) is 5.43. The second-order valence-corrected chi connectivity index (χ2v) is 6.80. The molecule has 0 aliphatic rings. The standard InChI is InChI=1S/C14H24N.CHF3O3S/c1-4-5-6-7-10-14(3)15-11-8-9-13(2)12-15;2-1(3,4)8(5,6)7/h8-9,11-12,14H,4-7,10H2,1-3H3;(H,5,6,7)/q+1;/p-1. The Labute approximate surface area is 136 Å². The van der Waals surface area contributed by atoms with Gasteiger partial charge in [0.1, 0.15) is 0 Å². The van der Waals surface area contributed by atoms with Crippen LogP contribution in [-0.4, -0.2) is 18.5 Å². The third-order valence-electron chi connectivity index (χ3n) is 3.24. The zero-order valence-corrected chi connectivity index (χ0v) is 14.5. The SMILES string of the molecule is CCCCCCC(C)[n+]1cccc(C)c1.O=S(=O)([O-])C(F)(F)F. The van der Waals surface area contributed by atoms with E-state index in [4.69, 9.17) is 13.0 Å². The molecule has 0 N–H and O–H groups in total. The number of alkyl halides is 3. The average Bonchev–Trinajstić information content (AvgIpc) is 2.42. The van der Waals surface area contributed by atoms with E-state index < -0.39 is 15.6 Å². The first-order valence-corrected chi connectivity index (χ1v) is 8.89. The molecule has 1 rings (SSSR count). The largest absolute Gasteiger partial charge is 0.741 e. The summed E-state index contributed by atoms with van der Waals surface area (Å²) in [7, 11) is -6.09. The van der Waals surface area contributed by atoms with E-state index in [1.807, 2.05) is 0 Å². The van der Waals surface area contributed by atoms with E-state index in [1.165, 1.54) is 37.7 Å². The zero-order chi connectivity index (χ0) is 18.1. The Bertz CT molecular complexity index is 559. The zero-order valence-electron chi connectivity index (χ0n) is 13.6. The van der Waals surface area contributed by atoms with Crippen LogP contribution in [0.3, 0.4) is 0 Å². The van der Waals surface area contributed by atoms with E-state index in [2.05, 4.69) is 49.9 Å². The highest BCUT2D eigenvalue weighted by atomic mass is 32.2. The van der Waals surface area contributed by atoms with Gasteiger partial charge in [0, 0.05) is 18.1 Å². The van der Waals surface area contributed by atoms with Gasteiger partial charge in [-0.15, -0.1) is 0 Å². The van der Waals surface area contributed by atoms with Crippen molar-refractivity contribution in [2.45, 2.75) is 64.4 Å². The molecule has 23 heavy (non-hydrogen) atoms. The van der Waals surface area contributed by atoms with Crippen molar-refractivity contribution in [2.75, 3.05) is 0 Å². The normalized spacial score (nSPS) is 13.2. The Kier molecular flexibility index (Phi) is 9.38. The number of pyridine rings is 1. The maximum absolute atomic E-state index is 10.7. The van der Waals surface area contributed by atoms with Crippen LogP contribution in [0.15, 0.2) is 24.5 Å². The van der Waals surface area contributed by atoms with Gasteiger partial charge in [0.15, 0.2) is 28.6 Å². The van der Waals surface area contributed by atoms with E-state index >= 15 is 0 Å². The first kappa shape index (κ1) is 21.9. The summed E-state index contributed by atoms with van der Waals surface area (Å²) < 4.78 is 61.2. The fourth-order valence-electron chi connectivity index (χ4n) is 1.91. The molecular weight excluding hydrogens is 331 g/mol. The number of halogens is 3. The Hall–Kier alpha value is -1.15. The van der Waals surface area contributed by atoms with Crippen LogP contribution in [0.5, 0.6) is 0 Å². The highest BCUT2D eigenvalue weighted by molar-refractivity contribution is 7.86. The summed E-state index contributed by atoms with van der Waals surface area (Å²) in [5.41, 5.74) is -4.30. The number of rotatable bonds is 6. The molecule has 0 saturated heterocycles. The third-order valence-corrected chi connectivity index (χ3v) is 3.80. The van der Waals surface area contributed by atoms with Crippen LogP contribution in [0.2, 0.25) is 0 Å². The van der Waals surface area contributed by atoms with E-state index in [0.29, 0.717) is 6.04 Å². The maximum Gasteiger partial charge on any atom is 0.485 e. The van der Waals surface area contributed by atoms with Gasteiger partial charge in [-0.05, 0) is 26.3 Å². The summed E-state index contributed by atoms with van der Waals surface area (Å²) in [6.45, 7) is 6.73. The van der Waals surface area contributed by atoms with Gasteiger partial charge in [0.05, 0.1) is 0 Å². The van der Waals surface area contributed by atoms with Gasteiger partial charge in [0.2, 0.25) is 0 Å². The molecule has 1 heterocycles. The topological polar surface area (TPSA) is 61.1 Å². The lowest BCUT2D eigenvalue weighted by Gasteiger charge is -2.08. The third kappa shape index (κ3) is 9.55. The fourth-order valence-corrected chi connectivity index (χ4v) is 1.91. The minimum Gasteiger partial charge on any atom is -0.741 e. The van der Waals surface area contributed by atoms with Gasteiger partial charge >= 0.3 is 5.51 Å². The minimum atomic E-state index is -6.09. The Morgan fingerprint density at radius 2 is 1.83 bits per heavy atom. The van der Waals surface area contributed by atoms with Crippen molar-refractivity contribution in [3.05, 3.63) is 30.1 Å². The lowest BCUT2D eigenvalue weighted by atomic mass is 10.1. The van der Waals surface area contributed by atoms with E-state index in [0.717, 1.165) is 0 Å². The molecule has 0 saturated carbocycles. The molecule has 0 spiro atoms. The quantitative estimate of drug-likeness (QED) is 0.337. The predicted molar refractivity (Wildman–Crippen MR) is 80.6 cm³/mol. The Morgan fingerprint density at radius 1 is 1.26 bits per heavy atom. The highest BCUT2D eigenvalue weighted by Crippen LogP contribution is 2.20. The van der Waals surface area contributed by atoms with Gasteiger partial charge in [-0.25, -0.2) is 13.0 Å². The summed E-state index contributed by atoms with van der Waals surface area (Å²) in [5.74, 6) is 0. The van der Waals surface area contributed by atoms with Gasteiger partial charge in [-0.2, -0.15) is 13.2 Å². The molecule has 0 aliphatic carbocycles. The lowest BCUT2D eigenvalue weighted by Crippen LogP contribution is -2.37. The molecule has 0 bridgehead atoms. The molecule has 1 aromatic rings. The Morgan fingerprint density at radius 3 is 2.26 bits per heavy atom.